The van der Waals surface area contributed by atoms with Gasteiger partial charge in [0.2, 0.25) is 0 Å². The summed E-state index contributed by atoms with van der Waals surface area (Å²) in [6.07, 6.45) is -1.15. The van der Waals surface area contributed by atoms with Gasteiger partial charge in [-0.25, -0.2) is 4.98 Å². The van der Waals surface area contributed by atoms with Crippen LogP contribution >= 0.6 is 11.3 Å². The lowest BCUT2D eigenvalue weighted by atomic mass is 10.1. The van der Waals surface area contributed by atoms with Crippen LogP contribution in [-0.2, 0) is 12.7 Å². The van der Waals surface area contributed by atoms with Crippen LogP contribution in [-0.4, -0.2) is 24.6 Å². The van der Waals surface area contributed by atoms with Gasteiger partial charge in [0.25, 0.3) is 0 Å². The molecule has 2 heterocycles. The fraction of sp³-hybridized carbons (Fsp3) is 0.750. The van der Waals surface area contributed by atoms with E-state index in [1.54, 1.807) is 0 Å². The molecule has 108 valence electrons. The summed E-state index contributed by atoms with van der Waals surface area (Å²) in [6, 6.07) is 0. The van der Waals surface area contributed by atoms with E-state index < -0.39 is 11.9 Å². The molecule has 7 heteroatoms. The van der Waals surface area contributed by atoms with Crippen LogP contribution in [0, 0.1) is 0 Å². The van der Waals surface area contributed by atoms with E-state index in [1.807, 2.05) is 11.8 Å². The summed E-state index contributed by atoms with van der Waals surface area (Å²) >= 11 is 1.17. The van der Waals surface area contributed by atoms with Crippen molar-refractivity contribution in [3.8, 4) is 0 Å². The molecule has 0 aliphatic carbocycles. The van der Waals surface area contributed by atoms with Crippen molar-refractivity contribution >= 4 is 16.5 Å². The quantitative estimate of drug-likeness (QED) is 0.923. The standard InChI is InChI=1S/C12H18F3N3S/c1-2-16-8-9-10(12(13,14)15)17-11(19-9)18-6-4-3-5-7-18/h16H,2-8H2,1H3. The Hall–Kier alpha value is -0.820. The van der Waals surface area contributed by atoms with E-state index in [4.69, 9.17) is 0 Å². The molecule has 1 N–H and O–H groups in total. The zero-order valence-electron chi connectivity index (χ0n) is 10.9. The average Bonchev–Trinajstić information content (AvgIpc) is 2.81. The molecule has 1 aliphatic rings. The van der Waals surface area contributed by atoms with E-state index in [2.05, 4.69) is 10.3 Å². The van der Waals surface area contributed by atoms with Gasteiger partial charge in [-0.15, -0.1) is 0 Å². The van der Waals surface area contributed by atoms with Crippen molar-refractivity contribution < 1.29 is 13.2 Å². The number of anilines is 1. The highest BCUT2D eigenvalue weighted by Gasteiger charge is 2.38. The van der Waals surface area contributed by atoms with Gasteiger partial charge in [-0.05, 0) is 25.8 Å². The van der Waals surface area contributed by atoms with Crippen molar-refractivity contribution in [3.05, 3.63) is 10.6 Å². The van der Waals surface area contributed by atoms with E-state index in [0.29, 0.717) is 11.7 Å². The number of rotatable bonds is 4. The van der Waals surface area contributed by atoms with Gasteiger partial charge < -0.3 is 10.2 Å². The highest BCUT2D eigenvalue weighted by Crippen LogP contribution is 2.37. The Morgan fingerprint density at radius 2 is 1.95 bits per heavy atom. The number of piperidine rings is 1. The minimum atomic E-state index is -4.37. The average molecular weight is 293 g/mol. The second-order valence-electron chi connectivity index (χ2n) is 4.59. The lowest BCUT2D eigenvalue weighted by Crippen LogP contribution is -2.29. The topological polar surface area (TPSA) is 28.2 Å². The molecule has 19 heavy (non-hydrogen) atoms. The van der Waals surface area contributed by atoms with Gasteiger partial charge in [-0.3, -0.25) is 0 Å². The largest absolute Gasteiger partial charge is 0.434 e. The molecule has 0 saturated carbocycles. The van der Waals surface area contributed by atoms with Gasteiger partial charge in [0, 0.05) is 19.6 Å². The third-order valence-corrected chi connectivity index (χ3v) is 4.23. The highest BCUT2D eigenvalue weighted by atomic mass is 32.1. The van der Waals surface area contributed by atoms with Gasteiger partial charge >= 0.3 is 6.18 Å². The van der Waals surface area contributed by atoms with Crippen molar-refractivity contribution in [3.63, 3.8) is 0 Å². The first-order chi connectivity index (χ1) is 9.02. The fourth-order valence-corrected chi connectivity index (χ4v) is 3.24. The summed E-state index contributed by atoms with van der Waals surface area (Å²) in [5.41, 5.74) is -0.723. The van der Waals surface area contributed by atoms with E-state index in [0.717, 1.165) is 32.4 Å². The number of nitrogens with zero attached hydrogens (tertiary/aromatic N) is 2. The maximum Gasteiger partial charge on any atom is 0.434 e. The van der Waals surface area contributed by atoms with Gasteiger partial charge in [0.05, 0.1) is 4.88 Å². The smallest absolute Gasteiger partial charge is 0.348 e. The number of aromatic nitrogens is 1. The fourth-order valence-electron chi connectivity index (χ4n) is 2.14. The molecule has 1 aromatic heterocycles. The normalized spacial score (nSPS) is 16.9. The predicted molar refractivity (Wildman–Crippen MR) is 70.6 cm³/mol. The van der Waals surface area contributed by atoms with Crippen LogP contribution in [0.4, 0.5) is 18.3 Å². The summed E-state index contributed by atoms with van der Waals surface area (Å²) in [5.74, 6) is 0. The van der Waals surface area contributed by atoms with Crippen LogP contribution in [0.3, 0.4) is 0 Å². The second-order valence-corrected chi connectivity index (χ2v) is 5.66. The zero-order chi connectivity index (χ0) is 13.9. The first-order valence-corrected chi connectivity index (χ1v) is 7.36. The molecule has 0 atom stereocenters. The van der Waals surface area contributed by atoms with E-state index >= 15 is 0 Å². The molecular weight excluding hydrogens is 275 g/mol. The lowest BCUT2D eigenvalue weighted by molar-refractivity contribution is -0.141. The number of halogens is 3. The van der Waals surface area contributed by atoms with Crippen LogP contribution < -0.4 is 10.2 Å². The SMILES string of the molecule is CCNCc1sc(N2CCCCC2)nc1C(F)(F)F. The van der Waals surface area contributed by atoms with Crippen molar-refractivity contribution in [2.75, 3.05) is 24.5 Å². The van der Waals surface area contributed by atoms with Crippen LogP contribution in [0.25, 0.3) is 0 Å². The van der Waals surface area contributed by atoms with Crippen molar-refractivity contribution in [2.24, 2.45) is 0 Å². The number of nitrogens with one attached hydrogen (secondary N) is 1. The molecular formula is C12H18F3N3S. The van der Waals surface area contributed by atoms with Crippen LogP contribution in [0.5, 0.6) is 0 Å². The Labute approximate surface area is 114 Å². The van der Waals surface area contributed by atoms with Gasteiger partial charge in [0.1, 0.15) is 0 Å². The number of alkyl halides is 3. The molecule has 1 saturated heterocycles. The second kappa shape index (κ2) is 6.09. The van der Waals surface area contributed by atoms with Crippen molar-refractivity contribution in [1.82, 2.24) is 10.3 Å². The molecule has 0 spiro atoms. The minimum Gasteiger partial charge on any atom is -0.348 e. The highest BCUT2D eigenvalue weighted by molar-refractivity contribution is 7.15. The molecule has 0 amide bonds. The summed E-state index contributed by atoms with van der Waals surface area (Å²) in [4.78, 5) is 6.10. The van der Waals surface area contributed by atoms with Crippen molar-refractivity contribution in [1.29, 1.82) is 0 Å². The van der Waals surface area contributed by atoms with E-state index in [9.17, 15) is 13.2 Å². The first kappa shape index (κ1) is 14.6. The molecule has 0 aromatic carbocycles. The van der Waals surface area contributed by atoms with Crippen LogP contribution in [0.15, 0.2) is 0 Å². The maximum absolute atomic E-state index is 13.0. The molecule has 1 aromatic rings. The molecule has 1 aliphatic heterocycles. The Bertz CT molecular complexity index is 411. The van der Waals surface area contributed by atoms with Gasteiger partial charge in [0.15, 0.2) is 10.8 Å². The summed E-state index contributed by atoms with van der Waals surface area (Å²) < 4.78 is 38.9. The number of thiazole rings is 1. The Balaban J connectivity index is 2.22. The van der Waals surface area contributed by atoms with E-state index in [-0.39, 0.29) is 11.4 Å². The summed E-state index contributed by atoms with van der Waals surface area (Å²) in [5, 5.41) is 3.46. The molecule has 3 nitrogen and oxygen atoms in total. The Morgan fingerprint density at radius 3 is 2.53 bits per heavy atom. The molecule has 0 bridgehead atoms. The predicted octanol–water partition coefficient (Wildman–Crippen LogP) is 3.26. The third kappa shape index (κ3) is 3.60. The third-order valence-electron chi connectivity index (χ3n) is 3.12. The van der Waals surface area contributed by atoms with Crippen LogP contribution in [0.1, 0.15) is 36.8 Å². The first-order valence-electron chi connectivity index (χ1n) is 6.55. The monoisotopic (exact) mass is 293 g/mol. The molecule has 2 rings (SSSR count). The molecule has 0 unspecified atom stereocenters. The Kier molecular flexibility index (Phi) is 4.67. The summed E-state index contributed by atoms with van der Waals surface area (Å²) in [6.45, 7) is 4.38. The van der Waals surface area contributed by atoms with Gasteiger partial charge in [-0.2, -0.15) is 13.2 Å². The zero-order valence-corrected chi connectivity index (χ0v) is 11.7. The van der Waals surface area contributed by atoms with E-state index in [1.165, 1.54) is 11.3 Å². The number of hydrogen-bond acceptors (Lipinski definition) is 4. The summed E-state index contributed by atoms with van der Waals surface area (Å²) in [7, 11) is 0. The minimum absolute atomic E-state index is 0.233. The molecule has 1 fully saturated rings. The maximum atomic E-state index is 13.0. The van der Waals surface area contributed by atoms with Crippen molar-refractivity contribution in [2.45, 2.75) is 38.9 Å². The van der Waals surface area contributed by atoms with Gasteiger partial charge in [-0.1, -0.05) is 18.3 Å². The lowest BCUT2D eigenvalue weighted by Gasteiger charge is -2.25. The molecule has 0 radical (unpaired) electrons. The van der Waals surface area contributed by atoms with Crippen LogP contribution in [0.2, 0.25) is 0 Å². The number of hydrogen-bond donors (Lipinski definition) is 1. The Morgan fingerprint density at radius 1 is 1.26 bits per heavy atom.